The van der Waals surface area contributed by atoms with E-state index in [4.69, 9.17) is 9.47 Å². The van der Waals surface area contributed by atoms with Gasteiger partial charge in [0.05, 0.1) is 17.6 Å². The summed E-state index contributed by atoms with van der Waals surface area (Å²) in [7, 11) is 1.35. The number of nitrogens with zero attached hydrogens (tertiary/aromatic N) is 1. The molecule has 0 unspecified atom stereocenters. The molecule has 6 heteroatoms. The molecule has 0 saturated carbocycles. The number of para-hydroxylation sites is 1. The van der Waals surface area contributed by atoms with E-state index in [1.165, 1.54) is 26.2 Å². The summed E-state index contributed by atoms with van der Waals surface area (Å²) in [6.45, 7) is 1.11. The first-order chi connectivity index (χ1) is 7.56. The molecule has 1 aromatic carbocycles. The number of nitro benzene ring substituents is 1. The lowest BCUT2D eigenvalue weighted by molar-refractivity contribution is -0.386. The van der Waals surface area contributed by atoms with Crippen molar-refractivity contribution >= 4 is 11.7 Å². The molecule has 0 amide bonds. The molecule has 86 valence electrons. The van der Waals surface area contributed by atoms with E-state index >= 15 is 0 Å². The van der Waals surface area contributed by atoms with Crippen LogP contribution in [0.15, 0.2) is 18.2 Å². The van der Waals surface area contributed by atoms with Crippen LogP contribution in [0.3, 0.4) is 0 Å². The van der Waals surface area contributed by atoms with Crippen molar-refractivity contribution in [3.63, 3.8) is 0 Å². The summed E-state index contributed by atoms with van der Waals surface area (Å²) in [5.41, 5.74) is 0.130. The maximum absolute atomic E-state index is 10.8. The minimum atomic E-state index is -0.558. The number of hydrogen-bond donors (Lipinski definition) is 0. The maximum atomic E-state index is 10.8. The van der Waals surface area contributed by atoms with E-state index in [0.717, 1.165) is 0 Å². The molecule has 0 aromatic heterocycles. The van der Waals surface area contributed by atoms with Gasteiger partial charge in [-0.25, -0.2) is 0 Å². The van der Waals surface area contributed by atoms with Crippen LogP contribution in [-0.2, 0) is 16.1 Å². The van der Waals surface area contributed by atoms with E-state index < -0.39 is 10.9 Å². The molecule has 0 aliphatic heterocycles. The molecule has 16 heavy (non-hydrogen) atoms. The summed E-state index contributed by atoms with van der Waals surface area (Å²) in [5.74, 6) is -0.341. The fourth-order valence-corrected chi connectivity index (χ4v) is 1.24. The molecule has 0 spiro atoms. The minimum absolute atomic E-state index is 0.136. The van der Waals surface area contributed by atoms with Crippen LogP contribution < -0.4 is 4.74 Å². The number of benzene rings is 1. The molecule has 0 aliphatic carbocycles. The van der Waals surface area contributed by atoms with E-state index in [-0.39, 0.29) is 18.0 Å². The fraction of sp³-hybridized carbons (Fsp3) is 0.300. The van der Waals surface area contributed by atoms with Crippen molar-refractivity contribution in [2.45, 2.75) is 13.5 Å². The lowest BCUT2D eigenvalue weighted by atomic mass is 10.2. The van der Waals surface area contributed by atoms with Crippen molar-refractivity contribution in [1.29, 1.82) is 0 Å². The Labute approximate surface area is 91.9 Å². The van der Waals surface area contributed by atoms with Crippen LogP contribution in [0.25, 0.3) is 0 Å². The summed E-state index contributed by atoms with van der Waals surface area (Å²) in [6.07, 6.45) is 0. The number of carbonyl (C=O) groups is 1. The van der Waals surface area contributed by atoms with Crippen LogP contribution in [0.5, 0.6) is 5.75 Å². The highest BCUT2D eigenvalue weighted by atomic mass is 16.6. The maximum Gasteiger partial charge on any atom is 0.317 e. The topological polar surface area (TPSA) is 78.7 Å². The molecule has 0 radical (unpaired) electrons. The molecule has 0 atom stereocenters. The van der Waals surface area contributed by atoms with Gasteiger partial charge in [-0.05, 0) is 12.1 Å². The molecular weight excluding hydrogens is 214 g/mol. The zero-order chi connectivity index (χ0) is 12.1. The Morgan fingerprint density at radius 2 is 2.19 bits per heavy atom. The van der Waals surface area contributed by atoms with Gasteiger partial charge >= 0.3 is 11.7 Å². The Balaban J connectivity index is 3.07. The Morgan fingerprint density at radius 3 is 2.69 bits per heavy atom. The first-order valence-corrected chi connectivity index (χ1v) is 4.50. The number of esters is 1. The minimum Gasteiger partial charge on any atom is -0.490 e. The first-order valence-electron chi connectivity index (χ1n) is 4.50. The number of nitro groups is 1. The molecule has 1 rings (SSSR count). The van der Waals surface area contributed by atoms with Gasteiger partial charge in [0.15, 0.2) is 5.75 Å². The Morgan fingerprint density at radius 1 is 1.50 bits per heavy atom. The van der Waals surface area contributed by atoms with E-state index in [9.17, 15) is 14.9 Å². The van der Waals surface area contributed by atoms with Gasteiger partial charge in [-0.2, -0.15) is 0 Å². The zero-order valence-corrected chi connectivity index (χ0v) is 8.93. The van der Waals surface area contributed by atoms with Gasteiger partial charge in [0.25, 0.3) is 0 Å². The predicted octanol–water partition coefficient (Wildman–Crippen LogP) is 1.67. The average molecular weight is 225 g/mol. The number of carbonyl (C=O) groups excluding carboxylic acids is 1. The van der Waals surface area contributed by atoms with Gasteiger partial charge in [-0.1, -0.05) is 6.07 Å². The third-order valence-corrected chi connectivity index (χ3v) is 1.92. The smallest absolute Gasteiger partial charge is 0.317 e. The summed E-state index contributed by atoms with van der Waals surface area (Å²) in [4.78, 5) is 20.9. The molecule has 0 N–H and O–H groups in total. The molecule has 1 aromatic rings. The molecule has 0 bridgehead atoms. The Hall–Kier alpha value is -2.11. The normalized spacial score (nSPS) is 9.62. The molecule has 6 nitrogen and oxygen atoms in total. The van der Waals surface area contributed by atoms with E-state index in [2.05, 4.69) is 0 Å². The van der Waals surface area contributed by atoms with Crippen molar-refractivity contribution in [2.75, 3.05) is 7.11 Å². The number of methoxy groups -OCH3 is 1. The van der Waals surface area contributed by atoms with E-state index in [1.54, 1.807) is 6.07 Å². The molecule has 0 heterocycles. The molecule has 0 saturated heterocycles. The second kappa shape index (κ2) is 5.11. The SMILES string of the molecule is COc1cccc(COC(C)=O)c1[N+](=O)[O-]. The van der Waals surface area contributed by atoms with Crippen LogP contribution in [0.2, 0.25) is 0 Å². The van der Waals surface area contributed by atoms with Crippen molar-refractivity contribution in [2.24, 2.45) is 0 Å². The van der Waals surface area contributed by atoms with Crippen molar-refractivity contribution in [3.8, 4) is 5.75 Å². The summed E-state index contributed by atoms with van der Waals surface area (Å²) in [6, 6.07) is 4.60. The number of rotatable bonds is 4. The van der Waals surface area contributed by atoms with Gasteiger partial charge in [0.1, 0.15) is 6.61 Å². The van der Waals surface area contributed by atoms with Crippen LogP contribution >= 0.6 is 0 Å². The second-order valence-electron chi connectivity index (χ2n) is 3.01. The standard InChI is InChI=1S/C10H11NO5/c1-7(12)16-6-8-4-3-5-9(15-2)10(8)11(13)14/h3-5H,6H2,1-2H3. The van der Waals surface area contributed by atoms with Gasteiger partial charge in [-0.15, -0.1) is 0 Å². The van der Waals surface area contributed by atoms with Crippen molar-refractivity contribution < 1.29 is 19.2 Å². The van der Waals surface area contributed by atoms with Gasteiger partial charge in [0, 0.05) is 6.92 Å². The lowest BCUT2D eigenvalue weighted by Gasteiger charge is -2.06. The summed E-state index contributed by atoms with van der Waals surface area (Å²) < 4.78 is 9.59. The third-order valence-electron chi connectivity index (χ3n) is 1.92. The van der Waals surface area contributed by atoms with E-state index in [1.807, 2.05) is 0 Å². The summed E-state index contributed by atoms with van der Waals surface area (Å²) >= 11 is 0. The van der Waals surface area contributed by atoms with Crippen LogP contribution in [0.4, 0.5) is 5.69 Å². The van der Waals surface area contributed by atoms with Crippen LogP contribution in [0, 0.1) is 10.1 Å². The van der Waals surface area contributed by atoms with E-state index in [0.29, 0.717) is 5.56 Å². The highest BCUT2D eigenvalue weighted by molar-refractivity contribution is 5.66. The third kappa shape index (κ3) is 2.69. The highest BCUT2D eigenvalue weighted by Crippen LogP contribution is 2.30. The monoisotopic (exact) mass is 225 g/mol. The Bertz CT molecular complexity index is 416. The largest absolute Gasteiger partial charge is 0.490 e. The van der Waals surface area contributed by atoms with Crippen molar-refractivity contribution in [3.05, 3.63) is 33.9 Å². The molecule has 0 aliphatic rings. The van der Waals surface area contributed by atoms with Crippen molar-refractivity contribution in [1.82, 2.24) is 0 Å². The fourth-order valence-electron chi connectivity index (χ4n) is 1.24. The van der Waals surface area contributed by atoms with Gasteiger partial charge in [0.2, 0.25) is 0 Å². The quantitative estimate of drug-likeness (QED) is 0.442. The highest BCUT2D eigenvalue weighted by Gasteiger charge is 2.20. The Kier molecular flexibility index (Phi) is 3.82. The second-order valence-corrected chi connectivity index (χ2v) is 3.01. The van der Waals surface area contributed by atoms with Crippen LogP contribution in [0.1, 0.15) is 12.5 Å². The van der Waals surface area contributed by atoms with Crippen LogP contribution in [-0.4, -0.2) is 18.0 Å². The van der Waals surface area contributed by atoms with Gasteiger partial charge < -0.3 is 9.47 Å². The van der Waals surface area contributed by atoms with Gasteiger partial charge in [-0.3, -0.25) is 14.9 Å². The number of hydrogen-bond acceptors (Lipinski definition) is 5. The molecule has 0 fully saturated rings. The summed E-state index contributed by atoms with van der Waals surface area (Å²) in [5, 5.41) is 10.8. The average Bonchev–Trinajstić information content (AvgIpc) is 2.25. The predicted molar refractivity (Wildman–Crippen MR) is 55.1 cm³/mol. The number of ether oxygens (including phenoxy) is 2. The molecular formula is C10H11NO5. The first kappa shape index (κ1) is 12.0. The lowest BCUT2D eigenvalue weighted by Crippen LogP contribution is -2.03. The zero-order valence-electron chi connectivity index (χ0n) is 8.93.